The Morgan fingerprint density at radius 2 is 1.79 bits per heavy atom. The Balaban J connectivity index is 1.53. The fraction of sp³-hybridized carbons (Fsp3) is 0.812. The van der Waals surface area contributed by atoms with Gasteiger partial charge in [0.05, 0.1) is 12.2 Å². The summed E-state index contributed by atoms with van der Waals surface area (Å²) in [4.78, 5) is 2.75. The lowest BCUT2D eigenvalue weighted by atomic mass is 9.92. The molecule has 1 aromatic rings. The Labute approximate surface area is 117 Å². The van der Waals surface area contributed by atoms with Crippen molar-refractivity contribution < 1.29 is 0 Å². The minimum Gasteiger partial charge on any atom is -0.300 e. The molecule has 1 aliphatic heterocycles. The highest BCUT2D eigenvalue weighted by molar-refractivity contribution is 5.04. The number of hydrogen-bond acceptors (Lipinski definition) is 2. The molecule has 0 amide bonds. The third kappa shape index (κ3) is 3.02. The molecule has 1 saturated carbocycles. The lowest BCUT2D eigenvalue weighted by Gasteiger charge is -2.39. The standard InChI is InChI=1S/C16H27N3/c1-2-14-12-17-19(13-14)16-8-10-18(11-9-16)15-6-4-3-5-7-15/h12-13,15-16H,2-11H2,1H3. The van der Waals surface area contributed by atoms with Gasteiger partial charge in [0.1, 0.15) is 0 Å². The molecule has 19 heavy (non-hydrogen) atoms. The summed E-state index contributed by atoms with van der Waals surface area (Å²) in [5.74, 6) is 0. The first-order valence-electron chi connectivity index (χ1n) is 8.14. The van der Waals surface area contributed by atoms with Gasteiger partial charge in [-0.2, -0.15) is 5.10 Å². The second-order valence-corrected chi connectivity index (χ2v) is 6.24. The maximum absolute atomic E-state index is 4.55. The normalized spacial score (nSPS) is 23.8. The van der Waals surface area contributed by atoms with E-state index in [2.05, 4.69) is 27.8 Å². The molecule has 0 aromatic carbocycles. The number of hydrogen-bond donors (Lipinski definition) is 0. The van der Waals surface area contributed by atoms with Crippen molar-refractivity contribution in [3.8, 4) is 0 Å². The van der Waals surface area contributed by atoms with E-state index in [1.807, 2.05) is 6.20 Å². The highest BCUT2D eigenvalue weighted by Gasteiger charge is 2.26. The lowest BCUT2D eigenvalue weighted by Crippen LogP contribution is -2.42. The molecule has 0 spiro atoms. The van der Waals surface area contributed by atoms with E-state index in [9.17, 15) is 0 Å². The molecular weight excluding hydrogens is 234 g/mol. The summed E-state index contributed by atoms with van der Waals surface area (Å²) < 4.78 is 2.22. The molecular formula is C16H27N3. The molecule has 2 heterocycles. The van der Waals surface area contributed by atoms with Gasteiger partial charge in [-0.05, 0) is 37.7 Å². The topological polar surface area (TPSA) is 21.1 Å². The van der Waals surface area contributed by atoms with E-state index < -0.39 is 0 Å². The van der Waals surface area contributed by atoms with Crippen LogP contribution in [0.25, 0.3) is 0 Å². The van der Waals surface area contributed by atoms with Crippen molar-refractivity contribution in [2.45, 2.75) is 70.4 Å². The van der Waals surface area contributed by atoms with Gasteiger partial charge in [-0.1, -0.05) is 26.2 Å². The van der Waals surface area contributed by atoms with Crippen LogP contribution < -0.4 is 0 Å². The highest BCUT2D eigenvalue weighted by Crippen LogP contribution is 2.28. The summed E-state index contributed by atoms with van der Waals surface area (Å²) >= 11 is 0. The van der Waals surface area contributed by atoms with Crippen molar-refractivity contribution in [3.05, 3.63) is 18.0 Å². The fourth-order valence-electron chi connectivity index (χ4n) is 3.72. The molecule has 0 atom stereocenters. The average molecular weight is 261 g/mol. The number of rotatable bonds is 3. The minimum atomic E-state index is 0.639. The number of aryl methyl sites for hydroxylation is 1. The van der Waals surface area contributed by atoms with Gasteiger partial charge >= 0.3 is 0 Å². The zero-order valence-electron chi connectivity index (χ0n) is 12.2. The van der Waals surface area contributed by atoms with Crippen LogP contribution in [0.1, 0.15) is 63.5 Å². The first-order chi connectivity index (χ1) is 9.36. The fourth-order valence-corrected chi connectivity index (χ4v) is 3.72. The minimum absolute atomic E-state index is 0.639. The Kier molecular flexibility index (Phi) is 4.21. The molecule has 3 rings (SSSR count). The predicted molar refractivity (Wildman–Crippen MR) is 78.3 cm³/mol. The van der Waals surface area contributed by atoms with Crippen molar-refractivity contribution in [2.75, 3.05) is 13.1 Å². The van der Waals surface area contributed by atoms with Crippen LogP contribution in [0.4, 0.5) is 0 Å². The molecule has 0 unspecified atom stereocenters. The summed E-state index contributed by atoms with van der Waals surface area (Å²) in [5.41, 5.74) is 1.37. The second-order valence-electron chi connectivity index (χ2n) is 6.24. The molecule has 2 aliphatic rings. The van der Waals surface area contributed by atoms with Crippen LogP contribution >= 0.6 is 0 Å². The molecule has 1 saturated heterocycles. The van der Waals surface area contributed by atoms with Gasteiger partial charge in [0.15, 0.2) is 0 Å². The summed E-state index contributed by atoms with van der Waals surface area (Å²) in [5, 5.41) is 4.55. The molecule has 1 aromatic heterocycles. The molecule has 0 radical (unpaired) electrons. The maximum Gasteiger partial charge on any atom is 0.0543 e. The number of nitrogens with zero attached hydrogens (tertiary/aromatic N) is 3. The van der Waals surface area contributed by atoms with Crippen LogP contribution in [0.2, 0.25) is 0 Å². The number of likely N-dealkylation sites (tertiary alicyclic amines) is 1. The van der Waals surface area contributed by atoms with Gasteiger partial charge in [0.25, 0.3) is 0 Å². The van der Waals surface area contributed by atoms with E-state index in [1.54, 1.807) is 0 Å². The SMILES string of the molecule is CCc1cnn(C2CCN(C3CCCCC3)CC2)c1. The number of aromatic nitrogens is 2. The van der Waals surface area contributed by atoms with Crippen molar-refractivity contribution in [1.82, 2.24) is 14.7 Å². The molecule has 3 heteroatoms. The van der Waals surface area contributed by atoms with Crippen LogP contribution in [-0.2, 0) is 6.42 Å². The van der Waals surface area contributed by atoms with Crippen molar-refractivity contribution in [3.63, 3.8) is 0 Å². The number of piperidine rings is 1. The first kappa shape index (κ1) is 13.2. The first-order valence-corrected chi connectivity index (χ1v) is 8.14. The van der Waals surface area contributed by atoms with Gasteiger partial charge in [0.2, 0.25) is 0 Å². The Morgan fingerprint density at radius 1 is 1.05 bits per heavy atom. The molecule has 0 bridgehead atoms. The van der Waals surface area contributed by atoms with Gasteiger partial charge in [0, 0.05) is 25.3 Å². The van der Waals surface area contributed by atoms with E-state index in [1.165, 1.54) is 63.6 Å². The van der Waals surface area contributed by atoms with E-state index in [0.717, 1.165) is 12.5 Å². The highest BCUT2D eigenvalue weighted by atomic mass is 15.3. The molecule has 0 N–H and O–H groups in total. The zero-order valence-corrected chi connectivity index (χ0v) is 12.2. The largest absolute Gasteiger partial charge is 0.300 e. The van der Waals surface area contributed by atoms with Gasteiger partial charge < -0.3 is 4.90 Å². The molecule has 106 valence electrons. The second kappa shape index (κ2) is 6.08. The van der Waals surface area contributed by atoms with Crippen LogP contribution in [0.5, 0.6) is 0 Å². The van der Waals surface area contributed by atoms with E-state index in [0.29, 0.717) is 6.04 Å². The van der Waals surface area contributed by atoms with Crippen molar-refractivity contribution >= 4 is 0 Å². The van der Waals surface area contributed by atoms with Crippen LogP contribution in [0.3, 0.4) is 0 Å². The summed E-state index contributed by atoms with van der Waals surface area (Å²) in [6.45, 7) is 4.75. The van der Waals surface area contributed by atoms with Gasteiger partial charge in [-0.25, -0.2) is 0 Å². The maximum atomic E-state index is 4.55. The lowest BCUT2D eigenvalue weighted by molar-refractivity contribution is 0.106. The van der Waals surface area contributed by atoms with Crippen molar-refractivity contribution in [1.29, 1.82) is 0 Å². The molecule has 3 nitrogen and oxygen atoms in total. The monoisotopic (exact) mass is 261 g/mol. The molecule has 2 fully saturated rings. The van der Waals surface area contributed by atoms with E-state index in [4.69, 9.17) is 0 Å². The summed E-state index contributed by atoms with van der Waals surface area (Å²) in [6.07, 6.45) is 15.2. The van der Waals surface area contributed by atoms with Crippen LogP contribution in [-0.4, -0.2) is 33.8 Å². The smallest absolute Gasteiger partial charge is 0.0543 e. The average Bonchev–Trinajstić information content (AvgIpc) is 2.97. The Hall–Kier alpha value is -0.830. The van der Waals surface area contributed by atoms with Crippen LogP contribution in [0, 0.1) is 0 Å². The Morgan fingerprint density at radius 3 is 2.42 bits per heavy atom. The quantitative estimate of drug-likeness (QED) is 0.831. The third-order valence-corrected chi connectivity index (χ3v) is 5.03. The van der Waals surface area contributed by atoms with Gasteiger partial charge in [-0.15, -0.1) is 0 Å². The van der Waals surface area contributed by atoms with E-state index in [-0.39, 0.29) is 0 Å². The third-order valence-electron chi connectivity index (χ3n) is 5.03. The van der Waals surface area contributed by atoms with Crippen molar-refractivity contribution in [2.24, 2.45) is 0 Å². The Bertz CT molecular complexity index is 384. The predicted octanol–water partition coefficient (Wildman–Crippen LogP) is 3.42. The summed E-state index contributed by atoms with van der Waals surface area (Å²) in [7, 11) is 0. The van der Waals surface area contributed by atoms with Gasteiger partial charge in [-0.3, -0.25) is 4.68 Å². The molecule has 1 aliphatic carbocycles. The van der Waals surface area contributed by atoms with E-state index >= 15 is 0 Å². The zero-order chi connectivity index (χ0) is 13.1. The summed E-state index contributed by atoms with van der Waals surface area (Å²) in [6, 6.07) is 1.53. The van der Waals surface area contributed by atoms with Crippen LogP contribution in [0.15, 0.2) is 12.4 Å².